The van der Waals surface area contributed by atoms with Gasteiger partial charge in [-0.05, 0) is 19.3 Å². The average molecular weight is 440 g/mol. The van der Waals surface area contributed by atoms with Crippen LogP contribution >= 0.6 is 7.26 Å². The molecule has 2 atom stereocenters. The molecule has 0 aliphatic rings. The van der Waals surface area contributed by atoms with Crippen molar-refractivity contribution in [3.63, 3.8) is 0 Å². The van der Waals surface area contributed by atoms with Crippen LogP contribution in [0.3, 0.4) is 0 Å². The number of rotatable bonds is 15. The monoisotopic (exact) mass is 439 g/mol. The maximum atomic E-state index is 13.4. The SMILES string of the molecule is CCCC[P+](CCCC)(CCCC)CC(C(=O)OC)C([O-])c1ccc([N+](=O)[O-])cc1. The van der Waals surface area contributed by atoms with Crippen molar-refractivity contribution in [3.05, 3.63) is 39.9 Å². The van der Waals surface area contributed by atoms with E-state index in [2.05, 4.69) is 20.8 Å². The number of nitrogens with zero attached hydrogens (tertiary/aromatic N) is 1. The van der Waals surface area contributed by atoms with Crippen LogP contribution < -0.4 is 5.11 Å². The summed E-state index contributed by atoms with van der Waals surface area (Å²) in [5.41, 5.74) is 0.354. The van der Waals surface area contributed by atoms with E-state index in [1.165, 1.54) is 31.4 Å². The Labute approximate surface area is 181 Å². The fourth-order valence-corrected chi connectivity index (χ4v) is 9.33. The van der Waals surface area contributed by atoms with E-state index in [1.54, 1.807) is 0 Å². The summed E-state index contributed by atoms with van der Waals surface area (Å²) in [4.78, 5) is 23.1. The molecule has 1 rings (SSSR count). The molecule has 1 aromatic carbocycles. The van der Waals surface area contributed by atoms with Gasteiger partial charge in [0.25, 0.3) is 5.69 Å². The summed E-state index contributed by atoms with van der Waals surface area (Å²) in [6.07, 6.45) is 9.36. The van der Waals surface area contributed by atoms with E-state index in [9.17, 15) is 20.0 Å². The van der Waals surface area contributed by atoms with Gasteiger partial charge < -0.3 is 9.84 Å². The molecule has 6 nitrogen and oxygen atoms in total. The highest BCUT2D eigenvalue weighted by Crippen LogP contribution is 2.62. The van der Waals surface area contributed by atoms with E-state index in [4.69, 9.17) is 4.74 Å². The lowest BCUT2D eigenvalue weighted by molar-refractivity contribution is -0.435. The lowest BCUT2D eigenvalue weighted by atomic mass is 9.97. The van der Waals surface area contributed by atoms with Gasteiger partial charge in [-0.2, -0.15) is 0 Å². The predicted octanol–water partition coefficient (Wildman–Crippen LogP) is 5.20. The van der Waals surface area contributed by atoms with E-state index in [1.807, 2.05) is 0 Å². The minimum absolute atomic E-state index is 0.0590. The molecule has 0 saturated heterocycles. The van der Waals surface area contributed by atoms with Gasteiger partial charge in [-0.25, -0.2) is 0 Å². The first-order valence-electron chi connectivity index (χ1n) is 11.2. The predicted molar refractivity (Wildman–Crippen MR) is 122 cm³/mol. The number of methoxy groups -OCH3 is 1. The molecule has 170 valence electrons. The maximum Gasteiger partial charge on any atom is 0.311 e. The first-order valence-corrected chi connectivity index (χ1v) is 13.7. The highest BCUT2D eigenvalue weighted by Gasteiger charge is 2.41. The molecule has 0 saturated carbocycles. The lowest BCUT2D eigenvalue weighted by Crippen LogP contribution is -2.36. The average Bonchev–Trinajstić information content (AvgIpc) is 2.77. The van der Waals surface area contributed by atoms with E-state index < -0.39 is 30.2 Å². The van der Waals surface area contributed by atoms with Crippen LogP contribution in [0.2, 0.25) is 0 Å². The maximum absolute atomic E-state index is 13.4. The van der Waals surface area contributed by atoms with E-state index in [0.717, 1.165) is 57.0 Å². The Kier molecular flexibility index (Phi) is 12.1. The standard InChI is InChI=1S/C23H38NO5P/c1-5-8-15-30(16-9-6-2,17-10-7-3)18-21(23(26)29-4)22(25)19-11-13-20(14-12-19)24(27)28/h11-14,21-22H,5-10,15-18H2,1-4H3. The fourth-order valence-electron chi connectivity index (χ4n) is 3.97. The van der Waals surface area contributed by atoms with Gasteiger partial charge in [-0.1, -0.05) is 63.8 Å². The van der Waals surface area contributed by atoms with Gasteiger partial charge in [0.1, 0.15) is 0 Å². The van der Waals surface area contributed by atoms with Crippen molar-refractivity contribution in [2.45, 2.75) is 65.4 Å². The lowest BCUT2D eigenvalue weighted by Gasteiger charge is -2.36. The van der Waals surface area contributed by atoms with Crippen molar-refractivity contribution in [1.29, 1.82) is 0 Å². The van der Waals surface area contributed by atoms with Crippen LogP contribution in [0.15, 0.2) is 24.3 Å². The van der Waals surface area contributed by atoms with Crippen molar-refractivity contribution in [2.75, 3.05) is 31.8 Å². The van der Waals surface area contributed by atoms with Crippen molar-refractivity contribution >= 4 is 18.9 Å². The van der Waals surface area contributed by atoms with Gasteiger partial charge in [-0.3, -0.25) is 14.9 Å². The molecule has 0 radical (unpaired) electrons. The number of nitro benzene ring substituents is 1. The second-order valence-electron chi connectivity index (χ2n) is 8.15. The molecule has 30 heavy (non-hydrogen) atoms. The summed E-state index contributed by atoms with van der Waals surface area (Å²) < 4.78 is 5.05. The number of non-ortho nitro benzene ring substituents is 1. The Bertz CT molecular complexity index is 628. The molecule has 0 spiro atoms. The molecule has 0 aliphatic heterocycles. The van der Waals surface area contributed by atoms with Gasteiger partial charge in [0.05, 0.1) is 42.6 Å². The van der Waals surface area contributed by atoms with Crippen LogP contribution in [0.25, 0.3) is 0 Å². The number of hydrogen-bond acceptors (Lipinski definition) is 5. The summed E-state index contributed by atoms with van der Waals surface area (Å²) >= 11 is 0. The van der Waals surface area contributed by atoms with E-state index >= 15 is 0 Å². The van der Waals surface area contributed by atoms with Gasteiger partial charge in [0.15, 0.2) is 0 Å². The minimum atomic E-state index is -1.48. The molecule has 0 N–H and O–H groups in total. The summed E-state index contributed by atoms with van der Waals surface area (Å²) in [5.74, 6) is -1.21. The highest BCUT2D eigenvalue weighted by molar-refractivity contribution is 7.75. The third-order valence-corrected chi connectivity index (χ3v) is 10.8. The Morgan fingerprint density at radius 1 is 1.00 bits per heavy atom. The topological polar surface area (TPSA) is 92.5 Å². The zero-order valence-electron chi connectivity index (χ0n) is 19.0. The number of nitro groups is 1. The molecular formula is C23H38NO5P. The van der Waals surface area contributed by atoms with Crippen molar-refractivity contribution in [2.24, 2.45) is 5.92 Å². The summed E-state index contributed by atoms with van der Waals surface area (Å²) in [5, 5.41) is 24.3. The number of ether oxygens (including phenoxy) is 1. The molecule has 1 aromatic rings. The molecular weight excluding hydrogens is 401 g/mol. The first-order chi connectivity index (χ1) is 14.3. The Hall–Kier alpha value is -1.52. The Morgan fingerprint density at radius 2 is 1.47 bits per heavy atom. The third kappa shape index (κ3) is 7.96. The Balaban J connectivity index is 3.22. The second-order valence-corrected chi connectivity index (χ2v) is 12.5. The van der Waals surface area contributed by atoms with Crippen LogP contribution in [0.1, 0.15) is 71.0 Å². The normalized spacial score (nSPS) is 13.6. The number of carbonyl (C=O) groups is 1. The molecule has 2 unspecified atom stereocenters. The Morgan fingerprint density at radius 3 is 1.83 bits per heavy atom. The van der Waals surface area contributed by atoms with Crippen LogP contribution in [0.5, 0.6) is 0 Å². The molecule has 7 heteroatoms. The molecule has 0 amide bonds. The van der Waals surface area contributed by atoms with Crippen LogP contribution in [0, 0.1) is 16.0 Å². The summed E-state index contributed by atoms with van der Waals surface area (Å²) in [7, 11) is -0.142. The quantitative estimate of drug-likeness (QED) is 0.162. The molecule has 0 heterocycles. The summed E-state index contributed by atoms with van der Waals surface area (Å²) in [6, 6.07) is 5.64. The van der Waals surface area contributed by atoms with Crippen molar-refractivity contribution < 1.29 is 19.6 Å². The fraction of sp³-hybridized carbons (Fsp3) is 0.696. The van der Waals surface area contributed by atoms with E-state index in [-0.39, 0.29) is 5.69 Å². The molecule has 0 aliphatic carbocycles. The van der Waals surface area contributed by atoms with Gasteiger partial charge in [-0.15, -0.1) is 0 Å². The number of unbranched alkanes of at least 4 members (excludes halogenated alkanes) is 3. The molecule has 0 aromatic heterocycles. The van der Waals surface area contributed by atoms with Crippen LogP contribution in [-0.2, 0) is 9.53 Å². The zero-order valence-corrected chi connectivity index (χ0v) is 19.9. The number of benzene rings is 1. The van der Waals surface area contributed by atoms with Gasteiger partial charge in [0.2, 0.25) is 0 Å². The number of carbonyl (C=O) groups excluding carboxylic acids is 1. The zero-order chi connectivity index (χ0) is 22.6. The number of hydrogen-bond donors (Lipinski definition) is 0. The van der Waals surface area contributed by atoms with Crippen molar-refractivity contribution in [3.8, 4) is 0 Å². The van der Waals surface area contributed by atoms with Gasteiger partial charge in [0, 0.05) is 19.4 Å². The first kappa shape index (κ1) is 26.5. The molecule has 0 fully saturated rings. The largest absolute Gasteiger partial charge is 0.848 e. The summed E-state index contributed by atoms with van der Waals surface area (Å²) in [6.45, 7) is 6.54. The smallest absolute Gasteiger partial charge is 0.311 e. The van der Waals surface area contributed by atoms with Crippen LogP contribution in [0.4, 0.5) is 5.69 Å². The van der Waals surface area contributed by atoms with Gasteiger partial charge >= 0.3 is 5.97 Å². The third-order valence-electron chi connectivity index (χ3n) is 5.84. The molecule has 0 bridgehead atoms. The highest BCUT2D eigenvalue weighted by atomic mass is 31.2. The minimum Gasteiger partial charge on any atom is -0.848 e. The number of esters is 1. The van der Waals surface area contributed by atoms with E-state index in [0.29, 0.717) is 11.7 Å². The van der Waals surface area contributed by atoms with Crippen LogP contribution in [-0.4, -0.2) is 42.7 Å². The van der Waals surface area contributed by atoms with Crippen molar-refractivity contribution in [1.82, 2.24) is 0 Å². The second kappa shape index (κ2) is 13.7.